The smallest absolute Gasteiger partial charge is 0.870 e. The molecule has 0 amide bonds. The summed E-state index contributed by atoms with van der Waals surface area (Å²) in [5.41, 5.74) is 1.37. The second-order valence-corrected chi connectivity index (χ2v) is 8.58. The van der Waals surface area contributed by atoms with Crippen LogP contribution in [-0.2, 0) is 0 Å². The Kier molecular flexibility index (Phi) is 15.0. The first kappa shape index (κ1) is 33.9. The number of ether oxygens (including phenoxy) is 3. The van der Waals surface area contributed by atoms with Gasteiger partial charge in [0.1, 0.15) is 17.2 Å². The van der Waals surface area contributed by atoms with E-state index < -0.39 is 0 Å². The fraction of sp³-hybridized carbons (Fsp3) is 0.300. The Labute approximate surface area is 269 Å². The summed E-state index contributed by atoms with van der Waals surface area (Å²) in [6.45, 7) is 3.13. The molecule has 3 rings (SSSR count). The molecular weight excluding hydrogens is 681 g/mol. The van der Waals surface area contributed by atoms with Gasteiger partial charge in [0.25, 0.3) is 0 Å². The predicted octanol–water partition coefficient (Wildman–Crippen LogP) is 1.89. The predicted molar refractivity (Wildman–Crippen MR) is 151 cm³/mol. The first-order valence-electron chi connectivity index (χ1n) is 12.7. The molecule has 0 aromatic heterocycles. The number of para-hydroxylation sites is 3. The van der Waals surface area contributed by atoms with E-state index in [4.69, 9.17) is 14.2 Å². The van der Waals surface area contributed by atoms with Crippen LogP contribution in [0.4, 0.5) is 0 Å². The molecule has 3 aromatic rings. The van der Waals surface area contributed by atoms with E-state index in [1.807, 2.05) is 0 Å². The number of rotatable bonds is 15. The molecule has 0 unspecified atom stereocenters. The zero-order chi connectivity index (χ0) is 28.7. The van der Waals surface area contributed by atoms with Crippen molar-refractivity contribution in [1.82, 2.24) is 4.90 Å². The van der Waals surface area contributed by atoms with E-state index in [9.17, 15) is 15.3 Å². The molecule has 11 heteroatoms. The van der Waals surface area contributed by atoms with Gasteiger partial charge in [-0.25, -0.2) is 0 Å². The van der Waals surface area contributed by atoms with Gasteiger partial charge in [0.05, 0.1) is 41.0 Å². The molecule has 0 atom stereocenters. The van der Waals surface area contributed by atoms with Crippen molar-refractivity contribution in [2.24, 2.45) is 15.0 Å². The summed E-state index contributed by atoms with van der Waals surface area (Å²) in [5, 5.41) is 37.0. The Balaban J connectivity index is 0.00000588. The topological polar surface area (TPSA) is 137 Å². The van der Waals surface area contributed by atoms with Gasteiger partial charge >= 0.3 is 36.9 Å². The summed E-state index contributed by atoms with van der Waals surface area (Å²) in [4.78, 5) is 15.4. The van der Waals surface area contributed by atoms with Gasteiger partial charge in [-0.05, 0) is 34.9 Å². The van der Waals surface area contributed by atoms with Crippen LogP contribution in [0.3, 0.4) is 0 Å². The van der Waals surface area contributed by atoms with Gasteiger partial charge in [-0.3, -0.25) is 19.9 Å². The van der Waals surface area contributed by atoms with Crippen LogP contribution in [0.1, 0.15) is 16.7 Å². The molecule has 0 saturated carbocycles. The molecule has 0 aliphatic rings. The molecule has 0 fully saturated rings. The van der Waals surface area contributed by atoms with Crippen molar-refractivity contribution in [1.29, 1.82) is 0 Å². The third-order valence-electron chi connectivity index (χ3n) is 6.01. The maximum absolute atomic E-state index is 12.3. The van der Waals surface area contributed by atoms with E-state index in [2.05, 4.69) is 19.9 Å². The maximum atomic E-state index is 12.3. The summed E-state index contributed by atoms with van der Waals surface area (Å²) in [7, 11) is 4.37. The van der Waals surface area contributed by atoms with Gasteiger partial charge in [0, 0.05) is 38.3 Å². The van der Waals surface area contributed by atoms with Crippen LogP contribution in [0.2, 0.25) is 0 Å². The summed E-state index contributed by atoms with van der Waals surface area (Å²) in [5.74, 6) is 0.196. The van der Waals surface area contributed by atoms with Crippen molar-refractivity contribution in [3.63, 3.8) is 0 Å². The minimum Gasteiger partial charge on any atom is -0.870 e. The third kappa shape index (κ3) is 10.2. The van der Waals surface area contributed by atoms with Gasteiger partial charge in [-0.1, -0.05) is 53.6 Å². The van der Waals surface area contributed by atoms with E-state index in [-0.39, 0.29) is 71.4 Å². The van der Waals surface area contributed by atoms with Crippen LogP contribution in [0.5, 0.6) is 34.5 Å². The quantitative estimate of drug-likeness (QED) is 0.220. The van der Waals surface area contributed by atoms with Gasteiger partial charge in [-0.2, -0.15) is 0 Å². The van der Waals surface area contributed by atoms with E-state index >= 15 is 0 Å². The van der Waals surface area contributed by atoms with Crippen molar-refractivity contribution in [2.75, 3.05) is 60.6 Å². The molecule has 222 valence electrons. The van der Waals surface area contributed by atoms with Crippen molar-refractivity contribution >= 4 is 18.6 Å². The fourth-order valence-corrected chi connectivity index (χ4v) is 3.81. The Morgan fingerprint density at radius 1 is 0.561 bits per heavy atom. The molecule has 0 aliphatic heterocycles. The minimum atomic E-state index is -0.208. The summed E-state index contributed by atoms with van der Waals surface area (Å²) in [6, 6.07) is 15.2. The van der Waals surface area contributed by atoms with Crippen molar-refractivity contribution < 1.29 is 66.4 Å². The average Bonchev–Trinajstić information content (AvgIpc) is 2.97. The van der Waals surface area contributed by atoms with Crippen molar-refractivity contribution in [3.05, 3.63) is 71.3 Å². The SMILES string of the molecule is COc1cccc(C=NCCN(CCN=Cc2cccc(OC)c2[O-])CCN=Cc2cccc(OC)c2[O-])c1[O-].[Tm+3]. The zero-order valence-corrected chi connectivity index (χ0v) is 25.0. The summed E-state index contributed by atoms with van der Waals surface area (Å²) in [6.07, 6.45) is 4.66. The molecule has 0 radical (unpaired) electrons. The van der Waals surface area contributed by atoms with E-state index in [0.29, 0.717) is 56.0 Å². The number of methoxy groups -OCH3 is 3. The normalized spacial score (nSPS) is 11.4. The third-order valence-corrected chi connectivity index (χ3v) is 6.01. The van der Waals surface area contributed by atoms with Crippen LogP contribution >= 0.6 is 0 Å². The van der Waals surface area contributed by atoms with Crippen molar-refractivity contribution in [3.8, 4) is 34.5 Å². The molecule has 0 aliphatic carbocycles. The Bertz CT molecular complexity index is 1170. The first-order chi connectivity index (χ1) is 19.5. The molecule has 0 spiro atoms. The van der Waals surface area contributed by atoms with Crippen LogP contribution in [0.15, 0.2) is 69.6 Å². The Morgan fingerprint density at radius 2 is 0.854 bits per heavy atom. The van der Waals surface area contributed by atoms with E-state index in [1.54, 1.807) is 73.2 Å². The standard InChI is InChI=1S/C30H36N4O6.Tm/c1-38-25-10-4-7-22(28(25)35)19-31-13-16-34(17-14-32-20-23-8-5-11-26(39-2)29(23)36)18-15-33-21-24-9-6-12-27(40-3)30(24)37;/h4-12,19-21,35-37H,13-18H2,1-3H3;/q;+3/p-3. The molecule has 10 nitrogen and oxygen atoms in total. The molecule has 3 aromatic carbocycles. The number of aliphatic imine (C=N–C) groups is 3. The first-order valence-corrected chi connectivity index (χ1v) is 12.7. The number of hydrogen-bond donors (Lipinski definition) is 0. The van der Waals surface area contributed by atoms with E-state index in [1.165, 1.54) is 21.3 Å². The van der Waals surface area contributed by atoms with Gasteiger partial charge in [0.15, 0.2) is 0 Å². The van der Waals surface area contributed by atoms with Crippen LogP contribution in [-0.4, -0.2) is 84.1 Å². The van der Waals surface area contributed by atoms with Crippen molar-refractivity contribution in [2.45, 2.75) is 0 Å². The minimum absolute atomic E-state index is 0. The Morgan fingerprint density at radius 3 is 1.12 bits per heavy atom. The fourth-order valence-electron chi connectivity index (χ4n) is 3.81. The second kappa shape index (κ2) is 18.2. The van der Waals surface area contributed by atoms with Crippen LogP contribution < -0.4 is 29.5 Å². The largest absolute Gasteiger partial charge is 3.00 e. The van der Waals surface area contributed by atoms with Gasteiger partial charge < -0.3 is 29.5 Å². The Hall–Kier alpha value is -3.34. The maximum Gasteiger partial charge on any atom is 3.00 e. The molecular formula is C30H33N4O6Tm. The van der Waals surface area contributed by atoms with E-state index in [0.717, 1.165) is 0 Å². The number of hydrogen-bond acceptors (Lipinski definition) is 10. The molecule has 0 bridgehead atoms. The molecule has 0 heterocycles. The number of benzene rings is 3. The molecule has 0 N–H and O–H groups in total. The second-order valence-electron chi connectivity index (χ2n) is 8.58. The number of nitrogens with zero attached hydrogens (tertiary/aromatic N) is 4. The molecule has 0 saturated heterocycles. The zero-order valence-electron chi connectivity index (χ0n) is 23.2. The summed E-state index contributed by atoms with van der Waals surface area (Å²) < 4.78 is 15.2. The van der Waals surface area contributed by atoms with Crippen LogP contribution in [0, 0.1) is 36.9 Å². The molecule has 41 heavy (non-hydrogen) atoms. The monoisotopic (exact) mass is 714 g/mol. The van der Waals surface area contributed by atoms with Gasteiger partial charge in [-0.15, -0.1) is 0 Å². The summed E-state index contributed by atoms with van der Waals surface area (Å²) >= 11 is 0. The van der Waals surface area contributed by atoms with Crippen LogP contribution in [0.25, 0.3) is 0 Å². The average molecular weight is 715 g/mol. The van der Waals surface area contributed by atoms with Gasteiger partial charge in [0.2, 0.25) is 0 Å².